The Labute approximate surface area is 120 Å². The summed E-state index contributed by atoms with van der Waals surface area (Å²) in [5, 5.41) is 0. The first-order chi connectivity index (χ1) is 8.36. The Morgan fingerprint density at radius 3 is 2.12 bits per heavy atom. The molecule has 0 aromatic heterocycles. The Morgan fingerprint density at radius 1 is 0.765 bits per heavy atom. The summed E-state index contributed by atoms with van der Waals surface area (Å²) in [5.41, 5.74) is 0. The Morgan fingerprint density at radius 2 is 1.35 bits per heavy atom. The second-order valence-corrected chi connectivity index (χ2v) is 7.48. The fourth-order valence-corrected chi connectivity index (χ4v) is 4.21. The van der Waals surface area contributed by atoms with Crippen molar-refractivity contribution in [2.75, 3.05) is 6.61 Å². The molecule has 0 radical (unpaired) electrons. The molecule has 0 saturated heterocycles. The Balaban J connectivity index is 1.71. The molecule has 0 spiro atoms. The van der Waals surface area contributed by atoms with Crippen molar-refractivity contribution >= 4 is 22.6 Å². The predicted octanol–water partition coefficient (Wildman–Crippen LogP) is 5.11. The van der Waals surface area contributed by atoms with Gasteiger partial charge in [0.05, 0.1) is 6.10 Å². The van der Waals surface area contributed by atoms with E-state index in [0.29, 0.717) is 6.10 Å². The van der Waals surface area contributed by atoms with Gasteiger partial charge in [-0.25, -0.2) is 0 Å². The molecule has 0 aromatic carbocycles. The van der Waals surface area contributed by atoms with Gasteiger partial charge in [-0.2, -0.15) is 0 Å². The highest BCUT2D eigenvalue weighted by Gasteiger charge is 2.22. The van der Waals surface area contributed by atoms with Gasteiger partial charge in [0, 0.05) is 10.5 Å². The number of alkyl halides is 1. The minimum Gasteiger partial charge on any atom is -0.377 e. The van der Waals surface area contributed by atoms with Gasteiger partial charge < -0.3 is 4.74 Å². The van der Waals surface area contributed by atoms with Crippen molar-refractivity contribution in [1.82, 2.24) is 0 Å². The summed E-state index contributed by atoms with van der Waals surface area (Å²) in [6.45, 7) is 1.05. The van der Waals surface area contributed by atoms with E-state index in [1.165, 1.54) is 70.6 Å². The molecule has 0 aromatic rings. The van der Waals surface area contributed by atoms with Crippen LogP contribution in [0.3, 0.4) is 0 Å². The van der Waals surface area contributed by atoms with Crippen LogP contribution in [0.4, 0.5) is 0 Å². The first-order valence-corrected chi connectivity index (χ1v) is 8.86. The van der Waals surface area contributed by atoms with E-state index in [0.717, 1.165) is 16.4 Å². The lowest BCUT2D eigenvalue weighted by molar-refractivity contribution is 0.0131. The molecule has 17 heavy (non-hydrogen) atoms. The van der Waals surface area contributed by atoms with E-state index >= 15 is 0 Å². The molecule has 2 heteroatoms. The Hall–Kier alpha value is 0.690. The van der Waals surface area contributed by atoms with Crippen LogP contribution in [0.25, 0.3) is 0 Å². The highest BCUT2D eigenvalue weighted by Crippen LogP contribution is 2.28. The van der Waals surface area contributed by atoms with Crippen molar-refractivity contribution in [3.63, 3.8) is 0 Å². The van der Waals surface area contributed by atoms with Crippen molar-refractivity contribution < 1.29 is 4.74 Å². The van der Waals surface area contributed by atoms with Crippen LogP contribution in [0, 0.1) is 5.92 Å². The third kappa shape index (κ3) is 5.06. The fourth-order valence-electron chi connectivity index (χ4n) is 3.21. The number of hydrogen-bond donors (Lipinski definition) is 0. The zero-order chi connectivity index (χ0) is 11.9. The average molecular weight is 350 g/mol. The third-order valence-electron chi connectivity index (χ3n) is 4.39. The van der Waals surface area contributed by atoms with E-state index in [-0.39, 0.29) is 0 Å². The summed E-state index contributed by atoms with van der Waals surface area (Å²) < 4.78 is 7.02. The number of halogens is 1. The van der Waals surface area contributed by atoms with Crippen molar-refractivity contribution in [2.24, 2.45) is 5.92 Å². The van der Waals surface area contributed by atoms with Crippen LogP contribution in [0.2, 0.25) is 0 Å². The molecule has 0 bridgehead atoms. The average Bonchev–Trinajstić information content (AvgIpc) is 2.35. The molecule has 0 aliphatic heterocycles. The molecule has 1 nitrogen and oxygen atoms in total. The second kappa shape index (κ2) is 7.98. The summed E-state index contributed by atoms with van der Waals surface area (Å²) >= 11 is 2.63. The van der Waals surface area contributed by atoms with Gasteiger partial charge in [-0.3, -0.25) is 0 Å². The molecular formula is C15H27IO. The minimum atomic E-state index is 0.554. The van der Waals surface area contributed by atoms with Crippen molar-refractivity contribution in [1.29, 1.82) is 0 Å². The topological polar surface area (TPSA) is 9.23 Å². The van der Waals surface area contributed by atoms with E-state index in [1.54, 1.807) is 0 Å². The lowest BCUT2D eigenvalue weighted by atomic mass is 9.90. The number of hydrogen-bond acceptors (Lipinski definition) is 1. The lowest BCUT2D eigenvalue weighted by Gasteiger charge is -2.29. The van der Waals surface area contributed by atoms with E-state index in [2.05, 4.69) is 22.6 Å². The van der Waals surface area contributed by atoms with Gasteiger partial charge in [-0.15, -0.1) is 0 Å². The maximum atomic E-state index is 6.26. The highest BCUT2D eigenvalue weighted by molar-refractivity contribution is 14.1. The first-order valence-electron chi connectivity index (χ1n) is 7.62. The standard InChI is InChI=1S/C15H27IO/c16-14-10-6-1-2-7-11-15(14)17-12-13-8-4-3-5-9-13/h13-15H,1-12H2. The zero-order valence-corrected chi connectivity index (χ0v) is 13.2. The Kier molecular flexibility index (Phi) is 6.62. The number of ether oxygens (including phenoxy) is 1. The van der Waals surface area contributed by atoms with Crippen LogP contribution in [-0.4, -0.2) is 16.6 Å². The fraction of sp³-hybridized carbons (Fsp3) is 1.00. The largest absolute Gasteiger partial charge is 0.377 e. The maximum Gasteiger partial charge on any atom is 0.0692 e. The van der Waals surface area contributed by atoms with E-state index in [9.17, 15) is 0 Å². The monoisotopic (exact) mass is 350 g/mol. The molecular weight excluding hydrogens is 323 g/mol. The second-order valence-electron chi connectivity index (χ2n) is 5.88. The zero-order valence-electron chi connectivity index (χ0n) is 11.0. The molecule has 2 aliphatic rings. The van der Waals surface area contributed by atoms with Gasteiger partial charge in [0.25, 0.3) is 0 Å². The van der Waals surface area contributed by atoms with E-state index in [4.69, 9.17) is 4.74 Å². The molecule has 2 atom stereocenters. The van der Waals surface area contributed by atoms with Crippen LogP contribution in [-0.2, 0) is 4.74 Å². The summed E-state index contributed by atoms with van der Waals surface area (Å²) in [6.07, 6.45) is 16.0. The molecule has 100 valence electrons. The molecule has 2 fully saturated rings. The molecule has 2 rings (SSSR count). The summed E-state index contributed by atoms with van der Waals surface area (Å²) in [4.78, 5) is 0. The molecule has 0 heterocycles. The van der Waals surface area contributed by atoms with Crippen molar-refractivity contribution in [3.05, 3.63) is 0 Å². The lowest BCUT2D eigenvalue weighted by Crippen LogP contribution is -2.28. The highest BCUT2D eigenvalue weighted by atomic mass is 127. The first kappa shape index (κ1) is 14.1. The van der Waals surface area contributed by atoms with Gasteiger partial charge in [0.15, 0.2) is 0 Å². The SMILES string of the molecule is IC1CCCCCCC1OCC1CCCCC1. The quantitative estimate of drug-likeness (QED) is 0.508. The van der Waals surface area contributed by atoms with Crippen LogP contribution in [0.15, 0.2) is 0 Å². The van der Waals surface area contributed by atoms with Crippen LogP contribution < -0.4 is 0 Å². The van der Waals surface area contributed by atoms with Crippen LogP contribution in [0.5, 0.6) is 0 Å². The van der Waals surface area contributed by atoms with Gasteiger partial charge in [0.1, 0.15) is 0 Å². The van der Waals surface area contributed by atoms with E-state index in [1.807, 2.05) is 0 Å². The van der Waals surface area contributed by atoms with Crippen molar-refractivity contribution in [3.8, 4) is 0 Å². The minimum absolute atomic E-state index is 0.554. The van der Waals surface area contributed by atoms with Gasteiger partial charge in [-0.05, 0) is 31.6 Å². The smallest absolute Gasteiger partial charge is 0.0692 e. The van der Waals surface area contributed by atoms with E-state index < -0.39 is 0 Å². The molecule has 2 aliphatic carbocycles. The van der Waals surface area contributed by atoms with Gasteiger partial charge in [0.2, 0.25) is 0 Å². The Bertz CT molecular complexity index is 201. The summed E-state index contributed by atoms with van der Waals surface area (Å²) in [6, 6.07) is 0. The summed E-state index contributed by atoms with van der Waals surface area (Å²) in [5.74, 6) is 0.873. The third-order valence-corrected chi connectivity index (χ3v) is 5.82. The molecule has 2 saturated carbocycles. The normalized spacial score (nSPS) is 33.0. The maximum absolute atomic E-state index is 6.26. The molecule has 2 unspecified atom stereocenters. The van der Waals surface area contributed by atoms with Gasteiger partial charge in [-0.1, -0.05) is 67.5 Å². The summed E-state index contributed by atoms with van der Waals surface area (Å²) in [7, 11) is 0. The molecule has 0 amide bonds. The predicted molar refractivity (Wildman–Crippen MR) is 81.8 cm³/mol. The van der Waals surface area contributed by atoms with Crippen LogP contribution >= 0.6 is 22.6 Å². The molecule has 0 N–H and O–H groups in total. The number of rotatable bonds is 3. The van der Waals surface area contributed by atoms with Crippen LogP contribution in [0.1, 0.15) is 70.6 Å². The van der Waals surface area contributed by atoms with Crippen molar-refractivity contribution in [2.45, 2.75) is 80.7 Å². The van der Waals surface area contributed by atoms with Gasteiger partial charge >= 0.3 is 0 Å².